The zero-order chi connectivity index (χ0) is 12.5. The molecule has 1 rings (SSSR count). The number of hydrogen-bond acceptors (Lipinski definition) is 2. The highest BCUT2D eigenvalue weighted by Crippen LogP contribution is 2.19. The molecule has 0 aliphatic rings. The molecule has 0 radical (unpaired) electrons. The third kappa shape index (κ3) is 4.90. The van der Waals surface area contributed by atoms with Crippen LogP contribution in [0.1, 0.15) is 63.6 Å². The van der Waals surface area contributed by atoms with E-state index in [1.807, 2.05) is 25.0 Å². The highest BCUT2D eigenvalue weighted by molar-refractivity contribution is 5.06. The van der Waals surface area contributed by atoms with E-state index in [1.54, 1.807) is 0 Å². The van der Waals surface area contributed by atoms with Crippen LogP contribution in [0.15, 0.2) is 12.3 Å². The molecule has 1 atom stereocenters. The lowest BCUT2D eigenvalue weighted by Crippen LogP contribution is -2.19. The van der Waals surface area contributed by atoms with Crippen LogP contribution < -0.4 is 5.32 Å². The molecule has 1 heterocycles. The smallest absolute Gasteiger partial charge is 0.0550 e. The molecule has 17 heavy (non-hydrogen) atoms. The number of rotatable bonds is 9. The van der Waals surface area contributed by atoms with E-state index in [1.165, 1.54) is 50.6 Å². The average molecular weight is 237 g/mol. The van der Waals surface area contributed by atoms with Crippen molar-refractivity contribution in [1.82, 2.24) is 15.1 Å². The fourth-order valence-corrected chi connectivity index (χ4v) is 2.29. The van der Waals surface area contributed by atoms with Crippen LogP contribution in [0.4, 0.5) is 0 Å². The van der Waals surface area contributed by atoms with Crippen molar-refractivity contribution in [2.24, 2.45) is 7.05 Å². The summed E-state index contributed by atoms with van der Waals surface area (Å²) in [7, 11) is 4.05. The Balaban J connectivity index is 2.22. The van der Waals surface area contributed by atoms with Gasteiger partial charge in [0.1, 0.15) is 0 Å². The molecule has 98 valence electrons. The van der Waals surface area contributed by atoms with Gasteiger partial charge < -0.3 is 5.32 Å². The second-order valence-corrected chi connectivity index (χ2v) is 4.78. The van der Waals surface area contributed by atoms with Gasteiger partial charge in [0.15, 0.2) is 0 Å². The topological polar surface area (TPSA) is 29.9 Å². The molecule has 0 spiro atoms. The van der Waals surface area contributed by atoms with Gasteiger partial charge in [0.05, 0.1) is 5.69 Å². The summed E-state index contributed by atoms with van der Waals surface area (Å²) < 4.78 is 1.97. The van der Waals surface area contributed by atoms with E-state index in [2.05, 4.69) is 23.4 Å². The summed E-state index contributed by atoms with van der Waals surface area (Å²) in [5, 5.41) is 7.62. The fraction of sp³-hybridized carbons (Fsp3) is 0.786. The maximum atomic E-state index is 4.23. The first kappa shape index (κ1) is 14.2. The van der Waals surface area contributed by atoms with E-state index in [0.717, 1.165) is 0 Å². The van der Waals surface area contributed by atoms with Gasteiger partial charge in [0, 0.05) is 19.3 Å². The molecular weight excluding hydrogens is 210 g/mol. The van der Waals surface area contributed by atoms with Crippen molar-refractivity contribution in [3.05, 3.63) is 18.0 Å². The molecule has 0 amide bonds. The van der Waals surface area contributed by atoms with E-state index in [4.69, 9.17) is 0 Å². The molecule has 1 unspecified atom stereocenters. The van der Waals surface area contributed by atoms with Crippen LogP contribution >= 0.6 is 0 Å². The maximum Gasteiger partial charge on any atom is 0.0550 e. The minimum absolute atomic E-state index is 0.452. The first-order valence-corrected chi connectivity index (χ1v) is 6.94. The van der Waals surface area contributed by atoms with Crippen molar-refractivity contribution >= 4 is 0 Å². The number of hydrogen-bond donors (Lipinski definition) is 1. The predicted octanol–water partition coefficient (Wildman–Crippen LogP) is 3.43. The molecule has 0 saturated heterocycles. The van der Waals surface area contributed by atoms with Gasteiger partial charge in [-0.3, -0.25) is 4.68 Å². The van der Waals surface area contributed by atoms with E-state index in [-0.39, 0.29) is 0 Å². The number of unbranched alkanes of at least 4 members (excludes halogenated alkanes) is 5. The molecule has 3 nitrogen and oxygen atoms in total. The number of nitrogens with one attached hydrogen (secondary N) is 1. The predicted molar refractivity (Wildman–Crippen MR) is 73.0 cm³/mol. The van der Waals surface area contributed by atoms with Crippen LogP contribution in [0.3, 0.4) is 0 Å². The molecular formula is C14H27N3. The lowest BCUT2D eigenvalue weighted by Gasteiger charge is -2.16. The van der Waals surface area contributed by atoms with E-state index in [9.17, 15) is 0 Å². The molecule has 0 fully saturated rings. The summed E-state index contributed by atoms with van der Waals surface area (Å²) in [6.45, 7) is 2.26. The minimum atomic E-state index is 0.452. The van der Waals surface area contributed by atoms with Crippen LogP contribution in [0.5, 0.6) is 0 Å². The van der Waals surface area contributed by atoms with Gasteiger partial charge in [0.25, 0.3) is 0 Å². The van der Waals surface area contributed by atoms with E-state index < -0.39 is 0 Å². The number of aromatic nitrogens is 2. The minimum Gasteiger partial charge on any atom is -0.312 e. The summed E-state index contributed by atoms with van der Waals surface area (Å²) in [6, 6.07) is 2.56. The second kappa shape index (κ2) is 8.29. The van der Waals surface area contributed by atoms with E-state index >= 15 is 0 Å². The molecule has 1 N–H and O–H groups in total. The van der Waals surface area contributed by atoms with Crippen LogP contribution in [0.2, 0.25) is 0 Å². The molecule has 0 saturated carbocycles. The Labute approximate surface area is 106 Å². The maximum absolute atomic E-state index is 4.23. The zero-order valence-electron chi connectivity index (χ0n) is 11.6. The SMILES string of the molecule is CCCCCCCCC(NC)c1ccnn1C. The third-order valence-corrected chi connectivity index (χ3v) is 3.41. The van der Waals surface area contributed by atoms with Gasteiger partial charge in [-0.15, -0.1) is 0 Å². The van der Waals surface area contributed by atoms with Crippen LogP contribution in [-0.4, -0.2) is 16.8 Å². The summed E-state index contributed by atoms with van der Waals surface area (Å²) in [5.74, 6) is 0. The highest BCUT2D eigenvalue weighted by Gasteiger charge is 2.11. The Bertz CT molecular complexity index is 293. The van der Waals surface area contributed by atoms with Crippen molar-refractivity contribution in [2.75, 3.05) is 7.05 Å². The number of nitrogens with zero attached hydrogens (tertiary/aromatic N) is 2. The van der Waals surface area contributed by atoms with Gasteiger partial charge in [0.2, 0.25) is 0 Å². The standard InChI is InChI=1S/C14H27N3/c1-4-5-6-7-8-9-10-13(15-2)14-11-12-16-17(14)3/h11-13,15H,4-10H2,1-3H3. The summed E-state index contributed by atoms with van der Waals surface area (Å²) in [5.41, 5.74) is 1.29. The monoisotopic (exact) mass is 237 g/mol. The van der Waals surface area contributed by atoms with Crippen LogP contribution in [-0.2, 0) is 7.05 Å². The summed E-state index contributed by atoms with van der Waals surface area (Å²) in [4.78, 5) is 0. The highest BCUT2D eigenvalue weighted by atomic mass is 15.3. The Hall–Kier alpha value is -0.830. The number of aryl methyl sites for hydroxylation is 1. The molecule has 0 aromatic carbocycles. The van der Waals surface area contributed by atoms with Crippen molar-refractivity contribution < 1.29 is 0 Å². The van der Waals surface area contributed by atoms with Gasteiger partial charge in [-0.05, 0) is 19.5 Å². The Morgan fingerprint density at radius 2 is 1.94 bits per heavy atom. The van der Waals surface area contributed by atoms with Crippen molar-refractivity contribution in [3.8, 4) is 0 Å². The largest absolute Gasteiger partial charge is 0.312 e. The van der Waals surface area contributed by atoms with Crippen molar-refractivity contribution in [3.63, 3.8) is 0 Å². The molecule has 0 bridgehead atoms. The van der Waals surface area contributed by atoms with Gasteiger partial charge in [-0.25, -0.2) is 0 Å². The van der Waals surface area contributed by atoms with Gasteiger partial charge in [-0.2, -0.15) is 5.10 Å². The first-order valence-electron chi connectivity index (χ1n) is 6.94. The first-order chi connectivity index (χ1) is 8.29. The molecule has 1 aromatic rings. The van der Waals surface area contributed by atoms with Gasteiger partial charge in [-0.1, -0.05) is 45.4 Å². The van der Waals surface area contributed by atoms with Crippen LogP contribution in [0.25, 0.3) is 0 Å². The van der Waals surface area contributed by atoms with Crippen molar-refractivity contribution in [1.29, 1.82) is 0 Å². The lowest BCUT2D eigenvalue weighted by molar-refractivity contribution is 0.471. The van der Waals surface area contributed by atoms with Crippen LogP contribution in [0, 0.1) is 0 Å². The quantitative estimate of drug-likeness (QED) is 0.667. The molecule has 0 aliphatic carbocycles. The summed E-state index contributed by atoms with van der Waals surface area (Å²) in [6.07, 6.45) is 11.2. The summed E-state index contributed by atoms with van der Waals surface area (Å²) >= 11 is 0. The normalized spacial score (nSPS) is 12.9. The molecule has 0 aliphatic heterocycles. The average Bonchev–Trinajstić information content (AvgIpc) is 2.75. The Kier molecular flexibility index (Phi) is 6.94. The third-order valence-electron chi connectivity index (χ3n) is 3.41. The van der Waals surface area contributed by atoms with E-state index in [0.29, 0.717) is 6.04 Å². The Morgan fingerprint density at radius 3 is 2.53 bits per heavy atom. The molecule has 3 heteroatoms. The van der Waals surface area contributed by atoms with Gasteiger partial charge >= 0.3 is 0 Å². The Morgan fingerprint density at radius 1 is 1.24 bits per heavy atom. The van der Waals surface area contributed by atoms with Crippen molar-refractivity contribution in [2.45, 2.75) is 57.9 Å². The lowest BCUT2D eigenvalue weighted by atomic mass is 10.0. The second-order valence-electron chi connectivity index (χ2n) is 4.78. The molecule has 1 aromatic heterocycles. The zero-order valence-corrected chi connectivity index (χ0v) is 11.6. The fourth-order valence-electron chi connectivity index (χ4n) is 2.29.